The van der Waals surface area contributed by atoms with Gasteiger partial charge in [-0.3, -0.25) is 4.79 Å². The maximum atomic E-state index is 10.7. The first-order valence-corrected chi connectivity index (χ1v) is 4.53. The summed E-state index contributed by atoms with van der Waals surface area (Å²) in [4.78, 5) is 10.7. The second-order valence-electron chi connectivity index (χ2n) is 4.24. The molecule has 0 heterocycles. The second kappa shape index (κ2) is 4.58. The molecule has 0 saturated carbocycles. The van der Waals surface area contributed by atoms with E-state index in [9.17, 15) is 4.79 Å². The molecule has 0 radical (unpaired) electrons. The summed E-state index contributed by atoms with van der Waals surface area (Å²) in [6.07, 6.45) is 1.27. The van der Waals surface area contributed by atoms with E-state index in [0.29, 0.717) is 6.42 Å². The third-order valence-corrected chi connectivity index (χ3v) is 2.04. The molecule has 0 aromatic rings. The lowest BCUT2D eigenvalue weighted by molar-refractivity contribution is -0.143. The van der Waals surface area contributed by atoms with Gasteiger partial charge in [0.1, 0.15) is 5.54 Å². The van der Waals surface area contributed by atoms with Gasteiger partial charge in [0.25, 0.3) is 0 Å². The van der Waals surface area contributed by atoms with Crippen LogP contribution < -0.4 is 11.5 Å². The van der Waals surface area contributed by atoms with Gasteiger partial charge in [0.2, 0.25) is 0 Å². The number of carboxylic acids is 1. The maximum Gasteiger partial charge on any atom is 0.323 e. The van der Waals surface area contributed by atoms with Crippen LogP contribution in [0.4, 0.5) is 0 Å². The van der Waals surface area contributed by atoms with E-state index in [4.69, 9.17) is 16.6 Å². The lowest BCUT2D eigenvalue weighted by atomic mass is 9.87. The molecule has 0 amide bonds. The smallest absolute Gasteiger partial charge is 0.323 e. The van der Waals surface area contributed by atoms with Crippen LogP contribution in [0.5, 0.6) is 0 Å². The highest BCUT2D eigenvalue weighted by Gasteiger charge is 2.29. The minimum absolute atomic E-state index is 0.0968. The van der Waals surface area contributed by atoms with Crippen LogP contribution in [0.3, 0.4) is 0 Å². The van der Waals surface area contributed by atoms with Crippen molar-refractivity contribution in [2.75, 3.05) is 0 Å². The van der Waals surface area contributed by atoms with E-state index in [1.54, 1.807) is 0 Å². The minimum Gasteiger partial charge on any atom is -0.480 e. The Morgan fingerprint density at radius 2 is 2.00 bits per heavy atom. The molecule has 0 bridgehead atoms. The predicted octanol–water partition coefficient (Wildman–Crippen LogP) is 0.552. The highest BCUT2D eigenvalue weighted by atomic mass is 16.4. The number of nitrogens with two attached hydrogens (primary N) is 2. The van der Waals surface area contributed by atoms with Crippen LogP contribution >= 0.6 is 0 Å². The Morgan fingerprint density at radius 1 is 1.54 bits per heavy atom. The topological polar surface area (TPSA) is 89.3 Å². The lowest BCUT2D eigenvalue weighted by Crippen LogP contribution is -2.46. The SMILES string of the molecule is CC(N)CC(C)C[C@](C)(N)C(=O)O. The molecule has 0 rings (SSSR count). The largest absolute Gasteiger partial charge is 0.480 e. The summed E-state index contributed by atoms with van der Waals surface area (Å²) >= 11 is 0. The first-order chi connectivity index (χ1) is 5.75. The number of carboxylic acid groups (broad SMARTS) is 1. The van der Waals surface area contributed by atoms with Crippen LogP contribution in [0.1, 0.15) is 33.6 Å². The lowest BCUT2D eigenvalue weighted by Gasteiger charge is -2.24. The Bertz CT molecular complexity index is 178. The number of hydrogen-bond donors (Lipinski definition) is 3. The molecular formula is C9H20N2O2. The van der Waals surface area contributed by atoms with Gasteiger partial charge in [-0.15, -0.1) is 0 Å². The van der Waals surface area contributed by atoms with Crippen LogP contribution in [-0.4, -0.2) is 22.7 Å². The molecule has 0 aromatic heterocycles. The first kappa shape index (κ1) is 12.4. The zero-order chi connectivity index (χ0) is 10.6. The van der Waals surface area contributed by atoms with Crippen LogP contribution in [0, 0.1) is 5.92 Å². The fourth-order valence-corrected chi connectivity index (χ4v) is 1.53. The molecule has 0 aliphatic rings. The molecule has 78 valence electrons. The van der Waals surface area contributed by atoms with Crippen molar-refractivity contribution in [2.24, 2.45) is 17.4 Å². The molecule has 0 aliphatic heterocycles. The van der Waals surface area contributed by atoms with Gasteiger partial charge in [0.15, 0.2) is 0 Å². The molecule has 0 spiro atoms. The Balaban J connectivity index is 4.04. The number of aliphatic carboxylic acids is 1. The summed E-state index contributed by atoms with van der Waals surface area (Å²) in [5.41, 5.74) is 10.1. The van der Waals surface area contributed by atoms with Crippen LogP contribution in [0.15, 0.2) is 0 Å². The monoisotopic (exact) mass is 188 g/mol. The van der Waals surface area contributed by atoms with E-state index in [2.05, 4.69) is 0 Å². The average Bonchev–Trinajstić information content (AvgIpc) is 1.82. The van der Waals surface area contributed by atoms with Gasteiger partial charge in [0.05, 0.1) is 0 Å². The van der Waals surface area contributed by atoms with Crippen molar-refractivity contribution in [1.82, 2.24) is 0 Å². The average molecular weight is 188 g/mol. The van der Waals surface area contributed by atoms with Crippen LogP contribution in [0.2, 0.25) is 0 Å². The maximum absolute atomic E-state index is 10.7. The molecule has 0 saturated heterocycles. The quantitative estimate of drug-likeness (QED) is 0.588. The first-order valence-electron chi connectivity index (χ1n) is 4.53. The predicted molar refractivity (Wildman–Crippen MR) is 52.3 cm³/mol. The summed E-state index contributed by atoms with van der Waals surface area (Å²) in [6, 6.07) is 0.0968. The summed E-state index contributed by atoms with van der Waals surface area (Å²) < 4.78 is 0. The highest BCUT2D eigenvalue weighted by Crippen LogP contribution is 2.18. The van der Waals surface area contributed by atoms with Crippen molar-refractivity contribution >= 4 is 5.97 Å². The van der Waals surface area contributed by atoms with Gasteiger partial charge >= 0.3 is 5.97 Å². The standard InChI is InChI=1S/C9H20N2O2/c1-6(4-7(2)10)5-9(3,11)8(12)13/h6-7H,4-5,10-11H2,1-3H3,(H,12,13)/t6?,7?,9-/m0/s1. The van der Waals surface area contributed by atoms with Gasteiger partial charge in [-0.1, -0.05) is 6.92 Å². The number of rotatable bonds is 5. The van der Waals surface area contributed by atoms with Gasteiger partial charge in [0, 0.05) is 6.04 Å². The molecular weight excluding hydrogens is 168 g/mol. The number of carbonyl (C=O) groups is 1. The second-order valence-corrected chi connectivity index (χ2v) is 4.24. The summed E-state index contributed by atoms with van der Waals surface area (Å²) in [7, 11) is 0. The molecule has 0 aromatic carbocycles. The number of hydrogen-bond acceptors (Lipinski definition) is 3. The Hall–Kier alpha value is -0.610. The molecule has 3 atom stereocenters. The zero-order valence-electron chi connectivity index (χ0n) is 8.58. The van der Waals surface area contributed by atoms with Gasteiger partial charge in [-0.05, 0) is 32.6 Å². The van der Waals surface area contributed by atoms with Gasteiger partial charge < -0.3 is 16.6 Å². The Kier molecular flexibility index (Phi) is 4.36. The van der Waals surface area contributed by atoms with E-state index in [1.807, 2.05) is 13.8 Å². The van der Waals surface area contributed by atoms with Crippen molar-refractivity contribution < 1.29 is 9.90 Å². The minimum atomic E-state index is -1.13. The third kappa shape index (κ3) is 4.85. The van der Waals surface area contributed by atoms with E-state index >= 15 is 0 Å². The normalized spacial score (nSPS) is 20.4. The summed E-state index contributed by atoms with van der Waals surface area (Å²) in [5.74, 6) is -0.713. The van der Waals surface area contributed by atoms with E-state index in [-0.39, 0.29) is 12.0 Å². The van der Waals surface area contributed by atoms with Crippen molar-refractivity contribution in [1.29, 1.82) is 0 Å². The van der Waals surface area contributed by atoms with E-state index < -0.39 is 11.5 Å². The molecule has 13 heavy (non-hydrogen) atoms. The van der Waals surface area contributed by atoms with Crippen molar-refractivity contribution in [3.63, 3.8) is 0 Å². The van der Waals surface area contributed by atoms with Gasteiger partial charge in [-0.2, -0.15) is 0 Å². The Morgan fingerprint density at radius 3 is 2.31 bits per heavy atom. The van der Waals surface area contributed by atoms with E-state index in [1.165, 1.54) is 6.92 Å². The molecule has 0 fully saturated rings. The Labute approximate surface area is 79.3 Å². The van der Waals surface area contributed by atoms with Crippen molar-refractivity contribution in [3.05, 3.63) is 0 Å². The highest BCUT2D eigenvalue weighted by molar-refractivity contribution is 5.77. The van der Waals surface area contributed by atoms with Crippen molar-refractivity contribution in [2.45, 2.75) is 45.2 Å². The molecule has 4 heteroatoms. The van der Waals surface area contributed by atoms with Gasteiger partial charge in [-0.25, -0.2) is 0 Å². The fourth-order valence-electron chi connectivity index (χ4n) is 1.53. The molecule has 4 nitrogen and oxygen atoms in total. The molecule has 0 aliphatic carbocycles. The van der Waals surface area contributed by atoms with Crippen LogP contribution in [-0.2, 0) is 4.79 Å². The molecule has 5 N–H and O–H groups in total. The summed E-state index contributed by atoms with van der Waals surface area (Å²) in [5, 5.41) is 8.77. The van der Waals surface area contributed by atoms with Crippen LogP contribution in [0.25, 0.3) is 0 Å². The molecule has 2 unspecified atom stereocenters. The summed E-state index contributed by atoms with van der Waals surface area (Å²) in [6.45, 7) is 5.41. The fraction of sp³-hybridized carbons (Fsp3) is 0.889. The third-order valence-electron chi connectivity index (χ3n) is 2.04. The van der Waals surface area contributed by atoms with E-state index in [0.717, 1.165) is 6.42 Å². The van der Waals surface area contributed by atoms with Crippen molar-refractivity contribution in [3.8, 4) is 0 Å². The zero-order valence-corrected chi connectivity index (χ0v) is 8.58.